The molecule has 5 nitrogen and oxygen atoms in total. The summed E-state index contributed by atoms with van der Waals surface area (Å²) in [5, 5.41) is 4.89. The Hall–Kier alpha value is -2.66. The van der Waals surface area contributed by atoms with Gasteiger partial charge in [0.05, 0.1) is 5.69 Å². The molecule has 3 aromatic rings. The minimum atomic E-state index is -0.262. The second-order valence-corrected chi connectivity index (χ2v) is 5.63. The van der Waals surface area contributed by atoms with E-state index in [4.69, 9.17) is 11.6 Å². The van der Waals surface area contributed by atoms with Crippen molar-refractivity contribution in [1.29, 1.82) is 0 Å². The zero-order valence-electron chi connectivity index (χ0n) is 12.8. The van der Waals surface area contributed by atoms with Gasteiger partial charge in [0.2, 0.25) is 5.82 Å². The average molecular weight is 327 g/mol. The predicted octanol–water partition coefficient (Wildman–Crippen LogP) is 3.51. The van der Waals surface area contributed by atoms with Crippen LogP contribution < -0.4 is 4.90 Å². The molecule has 6 heteroatoms. The summed E-state index contributed by atoms with van der Waals surface area (Å²) in [4.78, 5) is 18.1. The second kappa shape index (κ2) is 6.22. The third-order valence-electron chi connectivity index (χ3n) is 3.50. The lowest BCUT2D eigenvalue weighted by atomic mass is 10.2. The monoisotopic (exact) mass is 326 g/mol. The summed E-state index contributed by atoms with van der Waals surface area (Å²) in [7, 11) is 1.70. The molecule has 23 heavy (non-hydrogen) atoms. The quantitative estimate of drug-likeness (QED) is 0.740. The van der Waals surface area contributed by atoms with Gasteiger partial charge < -0.3 is 4.90 Å². The maximum Gasteiger partial charge on any atom is 0.297 e. The summed E-state index contributed by atoms with van der Waals surface area (Å²) in [5.41, 5.74) is 2.72. The van der Waals surface area contributed by atoms with E-state index in [0.29, 0.717) is 5.02 Å². The van der Waals surface area contributed by atoms with Crippen LogP contribution in [0.1, 0.15) is 16.2 Å². The minimum absolute atomic E-state index is 0.142. The number of anilines is 1. The van der Waals surface area contributed by atoms with Crippen molar-refractivity contribution < 1.29 is 4.79 Å². The maximum atomic E-state index is 12.5. The summed E-state index contributed by atoms with van der Waals surface area (Å²) < 4.78 is 1.55. The number of rotatable bonds is 3. The van der Waals surface area contributed by atoms with Crippen LogP contribution in [0.3, 0.4) is 0 Å². The summed E-state index contributed by atoms with van der Waals surface area (Å²) >= 11 is 5.87. The van der Waals surface area contributed by atoms with E-state index in [0.717, 1.165) is 16.9 Å². The molecular formula is C17H15ClN4O. The van der Waals surface area contributed by atoms with Crippen molar-refractivity contribution in [2.24, 2.45) is 0 Å². The van der Waals surface area contributed by atoms with Crippen LogP contribution >= 0.6 is 11.6 Å². The maximum absolute atomic E-state index is 12.5. The summed E-state index contributed by atoms with van der Waals surface area (Å²) in [6.45, 7) is 2.00. The fraction of sp³-hybridized carbons (Fsp3) is 0.118. The largest absolute Gasteiger partial charge is 0.309 e. The molecule has 0 aliphatic heterocycles. The number of amides is 1. The first-order chi connectivity index (χ1) is 11.0. The Morgan fingerprint density at radius 3 is 2.39 bits per heavy atom. The molecule has 1 aromatic heterocycles. The first-order valence-corrected chi connectivity index (χ1v) is 7.45. The molecule has 0 fully saturated rings. The molecule has 1 heterocycles. The van der Waals surface area contributed by atoms with E-state index in [1.165, 1.54) is 11.2 Å². The van der Waals surface area contributed by atoms with Gasteiger partial charge in [-0.1, -0.05) is 29.3 Å². The number of aryl methyl sites for hydroxylation is 1. The zero-order chi connectivity index (χ0) is 16.4. The molecule has 0 radical (unpaired) electrons. The van der Waals surface area contributed by atoms with Gasteiger partial charge in [-0.2, -0.15) is 0 Å². The molecule has 0 unspecified atom stereocenters. The molecule has 0 aliphatic rings. The van der Waals surface area contributed by atoms with Crippen LogP contribution in [0.2, 0.25) is 5.02 Å². The number of halogens is 1. The average Bonchev–Trinajstić information content (AvgIpc) is 3.05. The molecule has 0 N–H and O–H groups in total. The molecule has 1 amide bonds. The lowest BCUT2D eigenvalue weighted by molar-refractivity contribution is 0.0983. The summed E-state index contributed by atoms with van der Waals surface area (Å²) in [6, 6.07) is 14.9. The highest BCUT2D eigenvalue weighted by atomic mass is 35.5. The Bertz CT molecular complexity index is 825. The molecular weight excluding hydrogens is 312 g/mol. The van der Waals surface area contributed by atoms with Gasteiger partial charge in [-0.25, -0.2) is 9.67 Å². The number of hydrogen-bond acceptors (Lipinski definition) is 3. The normalized spacial score (nSPS) is 10.6. The molecule has 0 bridgehead atoms. The van der Waals surface area contributed by atoms with Crippen molar-refractivity contribution in [3.63, 3.8) is 0 Å². The Kier molecular flexibility index (Phi) is 4.12. The molecule has 0 saturated carbocycles. The van der Waals surface area contributed by atoms with E-state index in [1.807, 2.05) is 43.3 Å². The van der Waals surface area contributed by atoms with Gasteiger partial charge in [0.15, 0.2) is 0 Å². The lowest BCUT2D eigenvalue weighted by Crippen LogP contribution is -2.27. The first-order valence-electron chi connectivity index (χ1n) is 7.07. The molecule has 116 valence electrons. The van der Waals surface area contributed by atoms with Crippen molar-refractivity contribution in [3.8, 4) is 5.69 Å². The third-order valence-corrected chi connectivity index (χ3v) is 3.75. The van der Waals surface area contributed by atoms with Gasteiger partial charge in [0, 0.05) is 17.8 Å². The predicted molar refractivity (Wildman–Crippen MR) is 90.3 cm³/mol. The Morgan fingerprint density at radius 1 is 1.09 bits per heavy atom. The van der Waals surface area contributed by atoms with E-state index < -0.39 is 0 Å². The summed E-state index contributed by atoms with van der Waals surface area (Å²) in [6.07, 6.45) is 1.51. The van der Waals surface area contributed by atoms with E-state index in [1.54, 1.807) is 23.9 Å². The highest BCUT2D eigenvalue weighted by Gasteiger charge is 2.18. The van der Waals surface area contributed by atoms with Crippen molar-refractivity contribution in [2.45, 2.75) is 6.92 Å². The van der Waals surface area contributed by atoms with E-state index in [-0.39, 0.29) is 11.7 Å². The number of hydrogen-bond donors (Lipinski definition) is 0. The summed E-state index contributed by atoms with van der Waals surface area (Å²) in [5.74, 6) is -0.121. The van der Waals surface area contributed by atoms with Crippen LogP contribution in [0.4, 0.5) is 5.69 Å². The molecule has 0 atom stereocenters. The second-order valence-electron chi connectivity index (χ2n) is 5.19. The molecule has 0 spiro atoms. The van der Waals surface area contributed by atoms with Crippen molar-refractivity contribution in [3.05, 3.63) is 71.3 Å². The van der Waals surface area contributed by atoms with Gasteiger partial charge in [-0.15, -0.1) is 5.10 Å². The van der Waals surface area contributed by atoms with Crippen LogP contribution in [0.25, 0.3) is 5.69 Å². The highest BCUT2D eigenvalue weighted by Crippen LogP contribution is 2.16. The topological polar surface area (TPSA) is 51.0 Å². The molecule has 0 aliphatic carbocycles. The van der Waals surface area contributed by atoms with E-state index in [9.17, 15) is 4.79 Å². The molecule has 3 rings (SSSR count). The lowest BCUT2D eigenvalue weighted by Gasteiger charge is -2.15. The first kappa shape index (κ1) is 15.2. The third kappa shape index (κ3) is 3.24. The Balaban J connectivity index is 1.83. The van der Waals surface area contributed by atoms with Gasteiger partial charge in [-0.05, 0) is 43.3 Å². The van der Waals surface area contributed by atoms with Gasteiger partial charge in [0.1, 0.15) is 6.33 Å². The Labute approximate surface area is 139 Å². The Morgan fingerprint density at radius 2 is 1.74 bits per heavy atom. The number of aromatic nitrogens is 3. The van der Waals surface area contributed by atoms with Crippen LogP contribution in [-0.4, -0.2) is 27.7 Å². The zero-order valence-corrected chi connectivity index (χ0v) is 13.5. The molecule has 0 saturated heterocycles. The van der Waals surface area contributed by atoms with Crippen LogP contribution in [0.5, 0.6) is 0 Å². The van der Waals surface area contributed by atoms with Gasteiger partial charge >= 0.3 is 0 Å². The number of carbonyl (C=O) groups excluding carboxylic acids is 1. The highest BCUT2D eigenvalue weighted by molar-refractivity contribution is 6.30. The van der Waals surface area contributed by atoms with E-state index in [2.05, 4.69) is 10.1 Å². The molecule has 2 aromatic carbocycles. The van der Waals surface area contributed by atoms with Crippen LogP contribution in [-0.2, 0) is 0 Å². The smallest absolute Gasteiger partial charge is 0.297 e. The van der Waals surface area contributed by atoms with Crippen LogP contribution in [0.15, 0.2) is 54.9 Å². The fourth-order valence-corrected chi connectivity index (χ4v) is 2.24. The van der Waals surface area contributed by atoms with Crippen molar-refractivity contribution in [2.75, 3.05) is 11.9 Å². The van der Waals surface area contributed by atoms with Crippen molar-refractivity contribution >= 4 is 23.2 Å². The number of benzene rings is 2. The number of nitrogens with zero attached hydrogens (tertiary/aromatic N) is 4. The minimum Gasteiger partial charge on any atom is -0.309 e. The number of carbonyl (C=O) groups is 1. The van der Waals surface area contributed by atoms with E-state index >= 15 is 0 Å². The SMILES string of the molecule is Cc1ccc(N(C)C(=O)c2ncn(-c3ccc(Cl)cc3)n2)cc1. The standard InChI is InChI=1S/C17H15ClN4O/c1-12-3-7-14(8-4-12)21(2)17(23)16-19-11-22(20-16)15-9-5-13(18)6-10-15/h3-11H,1-2H3. The van der Waals surface area contributed by atoms with Gasteiger partial charge in [0.25, 0.3) is 5.91 Å². The fourth-order valence-electron chi connectivity index (χ4n) is 2.11. The van der Waals surface area contributed by atoms with Gasteiger partial charge in [-0.3, -0.25) is 4.79 Å². The van der Waals surface area contributed by atoms with Crippen LogP contribution in [0, 0.1) is 6.92 Å². The van der Waals surface area contributed by atoms with Crippen molar-refractivity contribution in [1.82, 2.24) is 14.8 Å².